The Morgan fingerprint density at radius 1 is 0.404 bits per heavy atom. The average Bonchev–Trinajstić information content (AvgIpc) is 3.77. The van der Waals surface area contributed by atoms with E-state index in [9.17, 15) is 0 Å². The molecule has 0 aliphatic rings. The second kappa shape index (κ2) is 11.4. The molecular weight excluding hydrogens is 653 g/mol. The van der Waals surface area contributed by atoms with Crippen LogP contribution in [0.4, 0.5) is 0 Å². The van der Waals surface area contributed by atoms with Crippen molar-refractivity contribution in [1.82, 2.24) is 19.5 Å². The molecule has 3 aromatic heterocycles. The summed E-state index contributed by atoms with van der Waals surface area (Å²) in [7, 11) is 0. The molecule has 0 aliphatic carbocycles. The van der Waals surface area contributed by atoms with Gasteiger partial charge in [-0.3, -0.25) is 0 Å². The molecule has 0 radical (unpaired) electrons. The molecule has 52 heavy (non-hydrogen) atoms. The Bertz CT molecular complexity index is 3120. The number of fused-ring (bicyclic) bond motifs is 10. The number of thiophene rings is 1. The highest BCUT2D eigenvalue weighted by molar-refractivity contribution is 7.26. The van der Waals surface area contributed by atoms with Gasteiger partial charge in [0.05, 0.1) is 21.4 Å². The molecule has 0 spiro atoms. The van der Waals surface area contributed by atoms with Gasteiger partial charge in [-0.2, -0.15) is 0 Å². The number of benzene rings is 8. The Kier molecular flexibility index (Phi) is 6.39. The fourth-order valence-electron chi connectivity index (χ4n) is 7.83. The van der Waals surface area contributed by atoms with Gasteiger partial charge in [-0.15, -0.1) is 11.3 Å². The number of hydrogen-bond acceptors (Lipinski definition) is 4. The van der Waals surface area contributed by atoms with Crippen LogP contribution in [-0.2, 0) is 0 Å². The van der Waals surface area contributed by atoms with E-state index in [0.717, 1.165) is 16.7 Å². The lowest BCUT2D eigenvalue weighted by molar-refractivity contribution is 1.07. The van der Waals surface area contributed by atoms with Gasteiger partial charge in [-0.25, -0.2) is 15.0 Å². The van der Waals surface area contributed by atoms with Gasteiger partial charge in [-0.05, 0) is 34.4 Å². The summed E-state index contributed by atoms with van der Waals surface area (Å²) in [5, 5.41) is 10.0. The molecule has 3 heterocycles. The third kappa shape index (κ3) is 4.43. The highest BCUT2D eigenvalue weighted by Crippen LogP contribution is 2.44. The summed E-state index contributed by atoms with van der Waals surface area (Å²) in [6.45, 7) is 0. The number of nitrogens with zero attached hydrogens (tertiary/aromatic N) is 4. The van der Waals surface area contributed by atoms with Gasteiger partial charge < -0.3 is 4.57 Å². The van der Waals surface area contributed by atoms with E-state index >= 15 is 0 Å². The van der Waals surface area contributed by atoms with Gasteiger partial charge in [0.1, 0.15) is 0 Å². The maximum absolute atomic E-state index is 5.02. The Morgan fingerprint density at radius 3 is 1.71 bits per heavy atom. The van der Waals surface area contributed by atoms with Crippen LogP contribution in [0.15, 0.2) is 170 Å². The Morgan fingerprint density at radius 2 is 0.981 bits per heavy atom. The first-order valence-electron chi connectivity index (χ1n) is 17.5. The minimum atomic E-state index is 0.660. The molecule has 0 aliphatic heterocycles. The zero-order chi connectivity index (χ0) is 34.2. The Hall–Kier alpha value is -6.69. The summed E-state index contributed by atoms with van der Waals surface area (Å²) in [4.78, 5) is 14.9. The summed E-state index contributed by atoms with van der Waals surface area (Å²) in [5.41, 5.74) is 6.52. The van der Waals surface area contributed by atoms with Gasteiger partial charge in [0.25, 0.3) is 0 Å². The van der Waals surface area contributed by atoms with Crippen molar-refractivity contribution in [3.05, 3.63) is 170 Å². The van der Waals surface area contributed by atoms with Crippen molar-refractivity contribution in [2.24, 2.45) is 0 Å². The first-order chi connectivity index (χ1) is 25.8. The van der Waals surface area contributed by atoms with E-state index in [4.69, 9.17) is 15.0 Å². The second-order valence-corrected chi connectivity index (χ2v) is 14.3. The van der Waals surface area contributed by atoms with Gasteiger partial charge in [0.2, 0.25) is 0 Å². The molecule has 0 saturated heterocycles. The highest BCUT2D eigenvalue weighted by atomic mass is 32.1. The summed E-state index contributed by atoms with van der Waals surface area (Å²) in [6.07, 6.45) is 0. The van der Waals surface area contributed by atoms with E-state index in [0.29, 0.717) is 17.5 Å². The van der Waals surface area contributed by atoms with Crippen LogP contribution in [0.5, 0.6) is 0 Å². The van der Waals surface area contributed by atoms with Gasteiger partial charge in [-0.1, -0.05) is 152 Å². The van der Waals surface area contributed by atoms with Gasteiger partial charge >= 0.3 is 0 Å². The second-order valence-electron chi connectivity index (χ2n) is 13.2. The molecule has 0 amide bonds. The largest absolute Gasteiger partial charge is 0.307 e. The minimum absolute atomic E-state index is 0.660. The lowest BCUT2D eigenvalue weighted by Crippen LogP contribution is -1.99. The number of hydrogen-bond donors (Lipinski definition) is 0. The van der Waals surface area contributed by atoms with Crippen LogP contribution in [0.2, 0.25) is 0 Å². The standard InChI is InChI=1S/C47H28N4S/c1-3-14-31(15-4-1)45-48-46(32-16-5-2-6-17-32)50-47(49-45)33-23-25-36-37-20-11-21-40(44(37)52-41(36)28-33)51-39-27-24-29-12-7-9-18-34(29)42(39)38-26-22-30-13-8-10-19-35(30)43(38)51/h1-28H. The summed E-state index contributed by atoms with van der Waals surface area (Å²) in [6, 6.07) is 60.3. The van der Waals surface area contributed by atoms with Crippen molar-refractivity contribution in [3.8, 4) is 39.9 Å². The van der Waals surface area contributed by atoms with Gasteiger partial charge in [0.15, 0.2) is 17.5 Å². The highest BCUT2D eigenvalue weighted by Gasteiger charge is 2.20. The maximum Gasteiger partial charge on any atom is 0.164 e. The fraction of sp³-hybridized carbons (Fsp3) is 0. The Balaban J connectivity index is 1.16. The Labute approximate surface area is 302 Å². The molecule has 0 atom stereocenters. The average molecular weight is 681 g/mol. The number of aromatic nitrogens is 4. The van der Waals surface area contributed by atoms with Crippen molar-refractivity contribution in [2.45, 2.75) is 0 Å². The molecule has 4 nitrogen and oxygen atoms in total. The molecule has 242 valence electrons. The van der Waals surface area contributed by atoms with Crippen LogP contribution >= 0.6 is 11.3 Å². The summed E-state index contributed by atoms with van der Waals surface area (Å²) in [5.74, 6) is 1.98. The molecule has 5 heteroatoms. The lowest BCUT2D eigenvalue weighted by atomic mass is 10.0. The van der Waals surface area contributed by atoms with Crippen LogP contribution in [0.25, 0.3) is 103 Å². The number of rotatable bonds is 4. The van der Waals surface area contributed by atoms with Crippen LogP contribution in [0.1, 0.15) is 0 Å². The van der Waals surface area contributed by atoms with Gasteiger partial charge in [0, 0.05) is 48.3 Å². The predicted molar refractivity (Wildman–Crippen MR) is 218 cm³/mol. The molecule has 0 saturated carbocycles. The minimum Gasteiger partial charge on any atom is -0.307 e. The molecule has 8 aromatic carbocycles. The zero-order valence-electron chi connectivity index (χ0n) is 27.9. The first-order valence-corrected chi connectivity index (χ1v) is 18.3. The van der Waals surface area contributed by atoms with Crippen molar-refractivity contribution in [1.29, 1.82) is 0 Å². The predicted octanol–water partition coefficient (Wildman–Crippen LogP) is 12.6. The maximum atomic E-state index is 5.02. The SMILES string of the molecule is c1ccc(-c2nc(-c3ccccc3)nc(-c3ccc4c(c3)sc3c(-n5c6ccc7ccccc7c6c6ccc7ccccc7c65)cccc34)n2)cc1. The molecule has 0 N–H and O–H groups in total. The smallest absolute Gasteiger partial charge is 0.164 e. The van der Waals surface area contributed by atoms with Crippen LogP contribution < -0.4 is 0 Å². The molecule has 11 aromatic rings. The molecular formula is C47H28N4S. The monoisotopic (exact) mass is 680 g/mol. The fourth-order valence-corrected chi connectivity index (χ4v) is 9.08. The molecule has 0 bridgehead atoms. The summed E-state index contributed by atoms with van der Waals surface area (Å²) >= 11 is 1.83. The van der Waals surface area contributed by atoms with E-state index in [1.54, 1.807) is 0 Å². The van der Waals surface area contributed by atoms with Crippen molar-refractivity contribution >= 4 is 74.9 Å². The molecule has 0 fully saturated rings. The van der Waals surface area contributed by atoms with E-state index in [2.05, 4.69) is 114 Å². The summed E-state index contributed by atoms with van der Waals surface area (Å²) < 4.78 is 4.95. The third-order valence-corrected chi connectivity index (χ3v) is 11.4. The molecule has 0 unspecified atom stereocenters. The molecule has 11 rings (SSSR count). The van der Waals surface area contributed by atoms with E-state index in [1.807, 2.05) is 72.0 Å². The van der Waals surface area contributed by atoms with Crippen LogP contribution in [0, 0.1) is 0 Å². The van der Waals surface area contributed by atoms with Crippen molar-refractivity contribution in [2.75, 3.05) is 0 Å². The van der Waals surface area contributed by atoms with E-state index in [1.165, 1.54) is 69.2 Å². The quantitative estimate of drug-likeness (QED) is 0.186. The van der Waals surface area contributed by atoms with Crippen molar-refractivity contribution in [3.63, 3.8) is 0 Å². The van der Waals surface area contributed by atoms with E-state index < -0.39 is 0 Å². The normalized spacial score (nSPS) is 11.8. The lowest BCUT2D eigenvalue weighted by Gasteiger charge is -2.11. The van der Waals surface area contributed by atoms with Crippen LogP contribution in [-0.4, -0.2) is 19.5 Å². The zero-order valence-corrected chi connectivity index (χ0v) is 28.7. The van der Waals surface area contributed by atoms with Crippen LogP contribution in [0.3, 0.4) is 0 Å². The first kappa shape index (κ1) is 29.1. The van der Waals surface area contributed by atoms with Crippen molar-refractivity contribution < 1.29 is 0 Å². The van der Waals surface area contributed by atoms with E-state index in [-0.39, 0.29) is 0 Å². The third-order valence-electron chi connectivity index (χ3n) is 10.2. The topological polar surface area (TPSA) is 43.6 Å².